The summed E-state index contributed by atoms with van der Waals surface area (Å²) in [6.45, 7) is 0.719. The lowest BCUT2D eigenvalue weighted by Crippen LogP contribution is -2.40. The molecule has 1 fully saturated rings. The van der Waals surface area contributed by atoms with Crippen molar-refractivity contribution in [2.75, 3.05) is 18.1 Å². The minimum Gasteiger partial charge on any atom is -0.329 e. The molecular formula is C11H16N2S. The fourth-order valence-corrected chi connectivity index (χ4v) is 3.29. The van der Waals surface area contributed by atoms with Crippen LogP contribution in [0.5, 0.6) is 0 Å². The van der Waals surface area contributed by atoms with Gasteiger partial charge < -0.3 is 5.73 Å². The van der Waals surface area contributed by atoms with Gasteiger partial charge in [-0.2, -0.15) is 11.8 Å². The quantitative estimate of drug-likeness (QED) is 0.805. The molecule has 3 heteroatoms. The van der Waals surface area contributed by atoms with Crippen LogP contribution in [0.15, 0.2) is 24.4 Å². The Balaban J connectivity index is 2.27. The maximum absolute atomic E-state index is 5.92. The molecule has 0 saturated carbocycles. The lowest BCUT2D eigenvalue weighted by Gasteiger charge is -2.35. The molecule has 1 aromatic rings. The molecule has 2 rings (SSSR count). The molecule has 14 heavy (non-hydrogen) atoms. The van der Waals surface area contributed by atoms with E-state index in [1.54, 1.807) is 0 Å². The first kappa shape index (κ1) is 9.99. The zero-order chi connectivity index (χ0) is 9.86. The van der Waals surface area contributed by atoms with Crippen LogP contribution in [0, 0.1) is 0 Å². The maximum atomic E-state index is 5.92. The van der Waals surface area contributed by atoms with Gasteiger partial charge in [0, 0.05) is 29.6 Å². The smallest absolute Gasteiger partial charge is 0.0486 e. The van der Waals surface area contributed by atoms with Crippen LogP contribution < -0.4 is 5.73 Å². The molecule has 1 saturated heterocycles. The Labute approximate surface area is 89.3 Å². The number of rotatable bonds is 2. The SMILES string of the molecule is NCC1(c2ccccn2)CCCSC1. The predicted molar refractivity (Wildman–Crippen MR) is 61.5 cm³/mol. The molecule has 1 aliphatic heterocycles. The summed E-state index contributed by atoms with van der Waals surface area (Å²) < 4.78 is 0. The summed E-state index contributed by atoms with van der Waals surface area (Å²) >= 11 is 2.00. The van der Waals surface area contributed by atoms with Crippen molar-refractivity contribution in [3.63, 3.8) is 0 Å². The van der Waals surface area contributed by atoms with E-state index in [1.807, 2.05) is 24.0 Å². The number of pyridine rings is 1. The first-order valence-electron chi connectivity index (χ1n) is 5.07. The Bertz CT molecular complexity index is 281. The van der Waals surface area contributed by atoms with Crippen LogP contribution in [0.1, 0.15) is 18.5 Å². The highest BCUT2D eigenvalue weighted by Gasteiger charge is 2.33. The van der Waals surface area contributed by atoms with E-state index in [0.717, 1.165) is 12.3 Å². The highest BCUT2D eigenvalue weighted by molar-refractivity contribution is 7.99. The van der Waals surface area contributed by atoms with Crippen LogP contribution in [0.4, 0.5) is 0 Å². The van der Waals surface area contributed by atoms with E-state index in [2.05, 4.69) is 17.1 Å². The second-order valence-corrected chi connectivity index (χ2v) is 4.96. The minimum atomic E-state index is 0.143. The Kier molecular flexibility index (Phi) is 3.08. The summed E-state index contributed by atoms with van der Waals surface area (Å²) in [5.41, 5.74) is 7.24. The Hall–Kier alpha value is -0.540. The van der Waals surface area contributed by atoms with Crippen LogP contribution in [-0.4, -0.2) is 23.0 Å². The van der Waals surface area contributed by atoms with Gasteiger partial charge in [-0.3, -0.25) is 4.98 Å². The Morgan fingerprint density at radius 1 is 1.50 bits per heavy atom. The summed E-state index contributed by atoms with van der Waals surface area (Å²) in [7, 11) is 0. The molecule has 0 amide bonds. The van der Waals surface area contributed by atoms with Crippen molar-refractivity contribution in [2.45, 2.75) is 18.3 Å². The molecule has 0 radical (unpaired) electrons. The lowest BCUT2D eigenvalue weighted by molar-refractivity contribution is 0.427. The largest absolute Gasteiger partial charge is 0.329 e. The third kappa shape index (κ3) is 1.79. The van der Waals surface area contributed by atoms with Crippen LogP contribution in [0.25, 0.3) is 0 Å². The van der Waals surface area contributed by atoms with Crippen LogP contribution in [-0.2, 0) is 5.41 Å². The van der Waals surface area contributed by atoms with E-state index in [4.69, 9.17) is 5.73 Å². The number of aromatic nitrogens is 1. The van der Waals surface area contributed by atoms with Crippen molar-refractivity contribution < 1.29 is 0 Å². The number of nitrogens with zero attached hydrogens (tertiary/aromatic N) is 1. The summed E-state index contributed by atoms with van der Waals surface area (Å²) in [6, 6.07) is 6.13. The van der Waals surface area contributed by atoms with E-state index in [0.29, 0.717) is 0 Å². The molecule has 1 unspecified atom stereocenters. The molecule has 1 aromatic heterocycles. The van der Waals surface area contributed by atoms with Gasteiger partial charge in [0.05, 0.1) is 0 Å². The fraction of sp³-hybridized carbons (Fsp3) is 0.545. The van der Waals surface area contributed by atoms with Gasteiger partial charge >= 0.3 is 0 Å². The molecule has 0 aromatic carbocycles. The highest BCUT2D eigenvalue weighted by Crippen LogP contribution is 2.35. The van der Waals surface area contributed by atoms with E-state index in [1.165, 1.54) is 24.3 Å². The second kappa shape index (κ2) is 4.32. The van der Waals surface area contributed by atoms with E-state index in [-0.39, 0.29) is 5.41 Å². The van der Waals surface area contributed by atoms with Crippen LogP contribution in [0.3, 0.4) is 0 Å². The van der Waals surface area contributed by atoms with Crippen LogP contribution >= 0.6 is 11.8 Å². The van der Waals surface area contributed by atoms with Gasteiger partial charge in [-0.25, -0.2) is 0 Å². The highest BCUT2D eigenvalue weighted by atomic mass is 32.2. The zero-order valence-corrected chi connectivity index (χ0v) is 9.09. The molecule has 2 heterocycles. The van der Waals surface area contributed by atoms with Crippen molar-refractivity contribution in [2.24, 2.45) is 5.73 Å². The third-order valence-electron chi connectivity index (χ3n) is 2.92. The zero-order valence-electron chi connectivity index (χ0n) is 8.28. The van der Waals surface area contributed by atoms with Gasteiger partial charge in [-0.05, 0) is 30.7 Å². The van der Waals surface area contributed by atoms with Gasteiger partial charge in [-0.1, -0.05) is 6.07 Å². The first-order chi connectivity index (χ1) is 6.87. The molecule has 1 atom stereocenters. The normalized spacial score (nSPS) is 27.5. The molecule has 2 N–H and O–H groups in total. The molecule has 1 aliphatic rings. The van der Waals surface area contributed by atoms with Crippen molar-refractivity contribution in [3.8, 4) is 0 Å². The predicted octanol–water partition coefficient (Wildman–Crippen LogP) is 1.81. The molecule has 76 valence electrons. The molecule has 2 nitrogen and oxygen atoms in total. The van der Waals surface area contributed by atoms with Crippen molar-refractivity contribution in [1.82, 2.24) is 4.98 Å². The number of hydrogen-bond donors (Lipinski definition) is 1. The minimum absolute atomic E-state index is 0.143. The van der Waals surface area contributed by atoms with Gasteiger partial charge in [-0.15, -0.1) is 0 Å². The van der Waals surface area contributed by atoms with E-state index >= 15 is 0 Å². The van der Waals surface area contributed by atoms with Crippen molar-refractivity contribution >= 4 is 11.8 Å². The summed E-state index contributed by atoms with van der Waals surface area (Å²) in [4.78, 5) is 4.45. The number of hydrogen-bond acceptors (Lipinski definition) is 3. The number of thioether (sulfide) groups is 1. The topological polar surface area (TPSA) is 38.9 Å². The van der Waals surface area contributed by atoms with Gasteiger partial charge in [0.2, 0.25) is 0 Å². The Morgan fingerprint density at radius 2 is 2.43 bits per heavy atom. The first-order valence-corrected chi connectivity index (χ1v) is 6.22. The molecule has 0 spiro atoms. The van der Waals surface area contributed by atoms with Gasteiger partial charge in [0.1, 0.15) is 0 Å². The van der Waals surface area contributed by atoms with Crippen LogP contribution in [0.2, 0.25) is 0 Å². The molecule has 0 bridgehead atoms. The summed E-state index contributed by atoms with van der Waals surface area (Å²) in [5, 5.41) is 0. The molecule has 0 aliphatic carbocycles. The standard InChI is InChI=1S/C11H16N2S/c12-8-11(5-3-7-14-9-11)10-4-1-2-6-13-10/h1-2,4,6H,3,5,7-9,12H2. The lowest BCUT2D eigenvalue weighted by atomic mass is 9.81. The summed E-state index contributed by atoms with van der Waals surface area (Å²) in [5.74, 6) is 2.40. The third-order valence-corrected chi connectivity index (χ3v) is 4.26. The average molecular weight is 208 g/mol. The fourth-order valence-electron chi connectivity index (χ4n) is 2.00. The monoisotopic (exact) mass is 208 g/mol. The van der Waals surface area contributed by atoms with Gasteiger partial charge in [0.25, 0.3) is 0 Å². The maximum Gasteiger partial charge on any atom is 0.0486 e. The Morgan fingerprint density at radius 3 is 3.00 bits per heavy atom. The van der Waals surface area contributed by atoms with Gasteiger partial charge in [0.15, 0.2) is 0 Å². The van der Waals surface area contributed by atoms with E-state index < -0.39 is 0 Å². The molecular weight excluding hydrogens is 192 g/mol. The number of nitrogens with two attached hydrogens (primary N) is 1. The average Bonchev–Trinajstić information content (AvgIpc) is 2.31. The summed E-state index contributed by atoms with van der Waals surface area (Å²) in [6.07, 6.45) is 4.32. The van der Waals surface area contributed by atoms with Crippen molar-refractivity contribution in [3.05, 3.63) is 30.1 Å². The van der Waals surface area contributed by atoms with E-state index in [9.17, 15) is 0 Å². The second-order valence-electron chi connectivity index (χ2n) is 3.86. The van der Waals surface area contributed by atoms with Crippen molar-refractivity contribution in [1.29, 1.82) is 0 Å².